The molecule has 2 aromatic carbocycles. The van der Waals surface area contributed by atoms with Crippen LogP contribution in [-0.2, 0) is 13.1 Å². The number of rotatable bonds is 5. The fraction of sp³-hybridized carbons (Fsp3) is 0.235. The van der Waals surface area contributed by atoms with Gasteiger partial charge >= 0.3 is 0 Å². The van der Waals surface area contributed by atoms with Crippen LogP contribution in [0.1, 0.15) is 22.3 Å². The molecular weight excluding hydrogens is 246 g/mol. The predicted molar refractivity (Wildman–Crippen MR) is 83.8 cm³/mol. The van der Waals surface area contributed by atoms with E-state index >= 15 is 0 Å². The molecule has 0 aliphatic heterocycles. The molecule has 0 atom stereocenters. The van der Waals surface area contributed by atoms with E-state index < -0.39 is 0 Å². The Labute approximate surface area is 120 Å². The maximum absolute atomic E-state index is 7.63. The number of aryl methyl sites for hydroxylation is 1. The molecule has 104 valence electrons. The topological polar surface area (TPSA) is 53.1 Å². The van der Waals surface area contributed by atoms with Crippen molar-refractivity contribution in [3.63, 3.8) is 0 Å². The standard InChI is InChI=1S/C17H21N3/c1-13-6-5-7-14(10-13)11-20(2)12-15-8-3-4-9-16(15)17(18)19/h3-10H,11-12H2,1-2H3,(H3,18,19). The lowest BCUT2D eigenvalue weighted by atomic mass is 10.1. The number of nitrogen functional groups attached to an aromatic ring is 1. The average molecular weight is 267 g/mol. The van der Waals surface area contributed by atoms with Crippen molar-refractivity contribution in [2.75, 3.05) is 7.05 Å². The average Bonchev–Trinajstić information content (AvgIpc) is 2.38. The second kappa shape index (κ2) is 6.35. The number of nitrogens with two attached hydrogens (primary N) is 1. The molecule has 2 rings (SSSR count). The van der Waals surface area contributed by atoms with Crippen molar-refractivity contribution in [2.45, 2.75) is 20.0 Å². The molecule has 3 nitrogen and oxygen atoms in total. The highest BCUT2D eigenvalue weighted by atomic mass is 15.1. The molecule has 0 aromatic heterocycles. The van der Waals surface area contributed by atoms with Gasteiger partial charge in [0.2, 0.25) is 0 Å². The molecule has 0 saturated carbocycles. The van der Waals surface area contributed by atoms with Gasteiger partial charge in [-0.05, 0) is 25.1 Å². The SMILES string of the molecule is Cc1cccc(CN(C)Cc2ccccc2C(=N)N)c1. The summed E-state index contributed by atoms with van der Waals surface area (Å²) in [7, 11) is 2.08. The highest BCUT2D eigenvalue weighted by Gasteiger charge is 2.07. The van der Waals surface area contributed by atoms with Crippen molar-refractivity contribution in [3.05, 3.63) is 70.8 Å². The molecule has 20 heavy (non-hydrogen) atoms. The van der Waals surface area contributed by atoms with Crippen molar-refractivity contribution < 1.29 is 0 Å². The quantitative estimate of drug-likeness (QED) is 0.646. The fourth-order valence-electron chi connectivity index (χ4n) is 2.39. The maximum atomic E-state index is 7.63. The van der Waals surface area contributed by atoms with Gasteiger partial charge in [-0.15, -0.1) is 0 Å². The molecule has 0 radical (unpaired) electrons. The number of amidine groups is 1. The van der Waals surface area contributed by atoms with E-state index in [9.17, 15) is 0 Å². The summed E-state index contributed by atoms with van der Waals surface area (Å²) in [5, 5.41) is 7.63. The van der Waals surface area contributed by atoms with E-state index in [0.717, 1.165) is 24.2 Å². The van der Waals surface area contributed by atoms with Crippen molar-refractivity contribution in [3.8, 4) is 0 Å². The summed E-state index contributed by atoms with van der Waals surface area (Å²) < 4.78 is 0. The van der Waals surface area contributed by atoms with Gasteiger partial charge in [-0.25, -0.2) is 0 Å². The van der Waals surface area contributed by atoms with Crippen LogP contribution in [0.15, 0.2) is 48.5 Å². The van der Waals surface area contributed by atoms with Gasteiger partial charge in [-0.3, -0.25) is 10.3 Å². The summed E-state index contributed by atoms with van der Waals surface area (Å²) in [6.07, 6.45) is 0. The van der Waals surface area contributed by atoms with E-state index in [1.54, 1.807) is 0 Å². The molecule has 0 aliphatic carbocycles. The third kappa shape index (κ3) is 3.68. The second-order valence-electron chi connectivity index (χ2n) is 5.23. The van der Waals surface area contributed by atoms with E-state index in [-0.39, 0.29) is 5.84 Å². The van der Waals surface area contributed by atoms with E-state index in [2.05, 4.69) is 43.1 Å². The molecule has 0 amide bonds. The Kier molecular flexibility index (Phi) is 4.53. The Balaban J connectivity index is 2.08. The molecule has 2 aromatic rings. The van der Waals surface area contributed by atoms with E-state index in [4.69, 9.17) is 11.1 Å². The lowest BCUT2D eigenvalue weighted by molar-refractivity contribution is 0.319. The third-order valence-corrected chi connectivity index (χ3v) is 3.28. The molecular formula is C17H21N3. The van der Waals surface area contributed by atoms with Crippen LogP contribution >= 0.6 is 0 Å². The van der Waals surface area contributed by atoms with Gasteiger partial charge in [-0.2, -0.15) is 0 Å². The van der Waals surface area contributed by atoms with Crippen LogP contribution in [0.4, 0.5) is 0 Å². The van der Waals surface area contributed by atoms with Crippen LogP contribution in [-0.4, -0.2) is 17.8 Å². The van der Waals surface area contributed by atoms with Gasteiger partial charge in [0.1, 0.15) is 5.84 Å². The molecule has 0 aliphatic rings. The van der Waals surface area contributed by atoms with E-state index in [0.29, 0.717) is 0 Å². The molecule has 0 unspecified atom stereocenters. The normalized spacial score (nSPS) is 10.8. The van der Waals surface area contributed by atoms with Gasteiger partial charge in [0.25, 0.3) is 0 Å². The lowest BCUT2D eigenvalue weighted by Gasteiger charge is -2.19. The minimum Gasteiger partial charge on any atom is -0.384 e. The van der Waals surface area contributed by atoms with Crippen LogP contribution < -0.4 is 5.73 Å². The number of nitrogens with one attached hydrogen (secondary N) is 1. The molecule has 0 saturated heterocycles. The van der Waals surface area contributed by atoms with Crippen molar-refractivity contribution in [2.24, 2.45) is 5.73 Å². The first-order valence-electron chi connectivity index (χ1n) is 6.72. The van der Waals surface area contributed by atoms with Crippen LogP contribution in [0, 0.1) is 12.3 Å². The number of benzene rings is 2. The molecule has 0 bridgehead atoms. The highest BCUT2D eigenvalue weighted by molar-refractivity contribution is 5.96. The zero-order valence-corrected chi connectivity index (χ0v) is 12.1. The van der Waals surface area contributed by atoms with Crippen LogP contribution in [0.5, 0.6) is 0 Å². The monoisotopic (exact) mass is 267 g/mol. The summed E-state index contributed by atoms with van der Waals surface area (Å²) in [4.78, 5) is 2.23. The number of hydrogen-bond acceptors (Lipinski definition) is 2. The van der Waals surface area contributed by atoms with E-state index in [1.165, 1.54) is 11.1 Å². The molecule has 3 N–H and O–H groups in total. The molecule has 0 heterocycles. The molecule has 0 fully saturated rings. The van der Waals surface area contributed by atoms with Crippen molar-refractivity contribution >= 4 is 5.84 Å². The number of nitrogens with zero attached hydrogens (tertiary/aromatic N) is 1. The molecule has 0 spiro atoms. The van der Waals surface area contributed by atoms with Crippen LogP contribution in [0.2, 0.25) is 0 Å². The van der Waals surface area contributed by atoms with E-state index in [1.807, 2.05) is 24.3 Å². The van der Waals surface area contributed by atoms with Gasteiger partial charge in [0.05, 0.1) is 0 Å². The summed E-state index contributed by atoms with van der Waals surface area (Å²) in [6.45, 7) is 3.77. The van der Waals surface area contributed by atoms with Crippen molar-refractivity contribution in [1.82, 2.24) is 4.90 Å². The summed E-state index contributed by atoms with van der Waals surface area (Å²) in [5.74, 6) is 0.129. The lowest BCUT2D eigenvalue weighted by Crippen LogP contribution is -2.21. The largest absolute Gasteiger partial charge is 0.384 e. The van der Waals surface area contributed by atoms with Gasteiger partial charge in [0, 0.05) is 18.7 Å². The van der Waals surface area contributed by atoms with Gasteiger partial charge < -0.3 is 5.73 Å². The van der Waals surface area contributed by atoms with Crippen LogP contribution in [0.25, 0.3) is 0 Å². The first-order valence-corrected chi connectivity index (χ1v) is 6.72. The second-order valence-corrected chi connectivity index (χ2v) is 5.23. The fourth-order valence-corrected chi connectivity index (χ4v) is 2.39. The molecule has 3 heteroatoms. The van der Waals surface area contributed by atoms with Crippen molar-refractivity contribution in [1.29, 1.82) is 5.41 Å². The Hall–Kier alpha value is -2.13. The van der Waals surface area contributed by atoms with Crippen LogP contribution in [0.3, 0.4) is 0 Å². The highest BCUT2D eigenvalue weighted by Crippen LogP contribution is 2.13. The van der Waals surface area contributed by atoms with Gasteiger partial charge in [0.15, 0.2) is 0 Å². The Morgan fingerprint density at radius 2 is 1.85 bits per heavy atom. The summed E-state index contributed by atoms with van der Waals surface area (Å²) in [6, 6.07) is 16.4. The minimum absolute atomic E-state index is 0.129. The zero-order chi connectivity index (χ0) is 14.5. The number of hydrogen-bond donors (Lipinski definition) is 2. The Morgan fingerprint density at radius 3 is 2.55 bits per heavy atom. The Bertz CT molecular complexity index is 605. The van der Waals surface area contributed by atoms with Gasteiger partial charge in [-0.1, -0.05) is 54.1 Å². The summed E-state index contributed by atoms with van der Waals surface area (Å²) in [5.41, 5.74) is 10.1. The summed E-state index contributed by atoms with van der Waals surface area (Å²) >= 11 is 0. The Morgan fingerprint density at radius 1 is 1.10 bits per heavy atom. The maximum Gasteiger partial charge on any atom is 0.123 e. The third-order valence-electron chi connectivity index (χ3n) is 3.28. The predicted octanol–water partition coefficient (Wildman–Crippen LogP) is 2.91. The first-order chi connectivity index (χ1) is 9.56. The zero-order valence-electron chi connectivity index (χ0n) is 12.1. The smallest absolute Gasteiger partial charge is 0.123 e. The first kappa shape index (κ1) is 14.3. The minimum atomic E-state index is 0.129.